The zero-order valence-electron chi connectivity index (χ0n) is 9.61. The second kappa shape index (κ2) is 4.98. The molecule has 1 aromatic heterocycles. The standard InChI is InChI=1S/C13H17N3/c1-10-4-2-3-5-13(10)16-11-6-7-15-12(8-11)9-14/h6-8,10,13H,2-5H2,1H3,(H,15,16). The number of rotatable bonds is 2. The summed E-state index contributed by atoms with van der Waals surface area (Å²) < 4.78 is 0. The first kappa shape index (κ1) is 10.9. The van der Waals surface area contributed by atoms with Crippen molar-refractivity contribution in [2.75, 3.05) is 5.32 Å². The summed E-state index contributed by atoms with van der Waals surface area (Å²) in [6, 6.07) is 6.36. The molecule has 0 radical (unpaired) electrons. The van der Waals surface area contributed by atoms with Crippen molar-refractivity contribution < 1.29 is 0 Å². The molecule has 0 aromatic carbocycles. The van der Waals surface area contributed by atoms with Crippen molar-refractivity contribution >= 4 is 5.69 Å². The molecule has 0 saturated heterocycles. The highest BCUT2D eigenvalue weighted by molar-refractivity contribution is 5.46. The van der Waals surface area contributed by atoms with Gasteiger partial charge in [-0.1, -0.05) is 19.8 Å². The molecule has 1 fully saturated rings. The van der Waals surface area contributed by atoms with Gasteiger partial charge >= 0.3 is 0 Å². The van der Waals surface area contributed by atoms with Gasteiger partial charge in [-0.2, -0.15) is 5.26 Å². The molecule has 0 spiro atoms. The van der Waals surface area contributed by atoms with Crippen molar-refractivity contribution in [1.82, 2.24) is 4.98 Å². The average molecular weight is 215 g/mol. The number of anilines is 1. The van der Waals surface area contributed by atoms with Crippen LogP contribution in [0.15, 0.2) is 18.3 Å². The molecule has 1 aliphatic rings. The lowest BCUT2D eigenvalue weighted by Gasteiger charge is -2.30. The summed E-state index contributed by atoms with van der Waals surface area (Å²) in [6.07, 6.45) is 6.87. The number of nitriles is 1. The van der Waals surface area contributed by atoms with Crippen LogP contribution in [-0.4, -0.2) is 11.0 Å². The topological polar surface area (TPSA) is 48.7 Å². The Labute approximate surface area is 96.5 Å². The van der Waals surface area contributed by atoms with Gasteiger partial charge in [-0.05, 0) is 30.9 Å². The Bertz CT molecular complexity index is 394. The quantitative estimate of drug-likeness (QED) is 0.825. The van der Waals surface area contributed by atoms with E-state index in [9.17, 15) is 0 Å². The smallest absolute Gasteiger partial charge is 0.142 e. The van der Waals surface area contributed by atoms with Gasteiger partial charge in [-0.25, -0.2) is 4.98 Å². The number of hydrogen-bond donors (Lipinski definition) is 1. The molecule has 3 heteroatoms. The van der Waals surface area contributed by atoms with Crippen LogP contribution in [0.2, 0.25) is 0 Å². The maximum Gasteiger partial charge on any atom is 0.142 e. The Morgan fingerprint density at radius 1 is 1.44 bits per heavy atom. The number of nitrogens with zero attached hydrogens (tertiary/aromatic N) is 2. The summed E-state index contributed by atoms with van der Waals surface area (Å²) in [5.74, 6) is 0.715. The Balaban J connectivity index is 2.05. The van der Waals surface area contributed by atoms with Gasteiger partial charge in [0.05, 0.1) is 0 Å². The molecule has 0 amide bonds. The van der Waals surface area contributed by atoms with Crippen LogP contribution in [0, 0.1) is 17.2 Å². The molecule has 1 aliphatic carbocycles. The van der Waals surface area contributed by atoms with Crippen molar-refractivity contribution in [1.29, 1.82) is 5.26 Å². The van der Waals surface area contributed by atoms with Crippen LogP contribution < -0.4 is 5.32 Å². The van der Waals surface area contributed by atoms with Gasteiger partial charge < -0.3 is 5.32 Å². The molecule has 2 unspecified atom stereocenters. The Morgan fingerprint density at radius 3 is 3.00 bits per heavy atom. The summed E-state index contributed by atoms with van der Waals surface area (Å²) in [7, 11) is 0. The third kappa shape index (κ3) is 2.52. The SMILES string of the molecule is CC1CCCCC1Nc1ccnc(C#N)c1. The number of hydrogen-bond acceptors (Lipinski definition) is 3. The molecule has 1 heterocycles. The van der Waals surface area contributed by atoms with Crippen LogP contribution in [-0.2, 0) is 0 Å². The zero-order valence-corrected chi connectivity index (χ0v) is 9.61. The lowest BCUT2D eigenvalue weighted by atomic mass is 9.86. The minimum absolute atomic E-state index is 0.480. The van der Waals surface area contributed by atoms with Gasteiger partial charge in [0.2, 0.25) is 0 Å². The highest BCUT2D eigenvalue weighted by Gasteiger charge is 2.20. The van der Waals surface area contributed by atoms with Crippen LogP contribution in [0.3, 0.4) is 0 Å². The normalized spacial score (nSPS) is 24.8. The molecule has 0 aliphatic heterocycles. The van der Waals surface area contributed by atoms with Crippen molar-refractivity contribution in [3.8, 4) is 6.07 Å². The lowest BCUT2D eigenvalue weighted by molar-refractivity contribution is 0.349. The van der Waals surface area contributed by atoms with Crippen LogP contribution in [0.5, 0.6) is 0 Å². The fraction of sp³-hybridized carbons (Fsp3) is 0.538. The molecule has 1 N–H and O–H groups in total. The predicted octanol–water partition coefficient (Wildman–Crippen LogP) is 2.94. The summed E-state index contributed by atoms with van der Waals surface area (Å²) in [5, 5.41) is 12.3. The van der Waals surface area contributed by atoms with Crippen molar-refractivity contribution in [3.05, 3.63) is 24.0 Å². The van der Waals surface area contributed by atoms with Crippen LogP contribution >= 0.6 is 0 Å². The lowest BCUT2D eigenvalue weighted by Crippen LogP contribution is -2.30. The Hall–Kier alpha value is -1.56. The molecule has 0 bridgehead atoms. The van der Waals surface area contributed by atoms with E-state index >= 15 is 0 Å². The first-order chi connectivity index (χ1) is 7.79. The highest BCUT2D eigenvalue weighted by atomic mass is 14.9. The van der Waals surface area contributed by atoms with Crippen LogP contribution in [0.4, 0.5) is 5.69 Å². The van der Waals surface area contributed by atoms with Gasteiger partial charge in [-0.15, -0.1) is 0 Å². The Kier molecular flexibility index (Phi) is 3.40. The molecule has 1 saturated carbocycles. The van der Waals surface area contributed by atoms with Gasteiger partial charge in [0.1, 0.15) is 11.8 Å². The fourth-order valence-corrected chi connectivity index (χ4v) is 2.33. The number of pyridine rings is 1. The van der Waals surface area contributed by atoms with E-state index in [-0.39, 0.29) is 0 Å². The maximum atomic E-state index is 8.78. The molecule has 16 heavy (non-hydrogen) atoms. The van der Waals surface area contributed by atoms with E-state index in [1.807, 2.05) is 12.1 Å². The van der Waals surface area contributed by atoms with E-state index in [0.29, 0.717) is 17.7 Å². The molecule has 2 rings (SSSR count). The Morgan fingerprint density at radius 2 is 2.25 bits per heavy atom. The number of nitrogens with one attached hydrogen (secondary N) is 1. The monoisotopic (exact) mass is 215 g/mol. The van der Waals surface area contributed by atoms with E-state index in [0.717, 1.165) is 5.69 Å². The molecular formula is C13H17N3. The first-order valence-corrected chi connectivity index (χ1v) is 5.92. The third-order valence-electron chi connectivity index (χ3n) is 3.34. The second-order valence-corrected chi connectivity index (χ2v) is 4.55. The minimum atomic E-state index is 0.480. The van der Waals surface area contributed by atoms with Gasteiger partial charge in [0.25, 0.3) is 0 Å². The molecule has 3 nitrogen and oxygen atoms in total. The van der Waals surface area contributed by atoms with E-state index in [1.54, 1.807) is 6.20 Å². The zero-order chi connectivity index (χ0) is 11.4. The highest BCUT2D eigenvalue weighted by Crippen LogP contribution is 2.26. The molecule has 84 valence electrons. The van der Waals surface area contributed by atoms with Crippen molar-refractivity contribution in [2.45, 2.75) is 38.6 Å². The summed E-state index contributed by atoms with van der Waals surface area (Å²) in [4.78, 5) is 3.97. The van der Waals surface area contributed by atoms with E-state index < -0.39 is 0 Å². The molecule has 2 atom stereocenters. The second-order valence-electron chi connectivity index (χ2n) is 4.55. The minimum Gasteiger partial charge on any atom is -0.382 e. The average Bonchev–Trinajstić information content (AvgIpc) is 2.32. The van der Waals surface area contributed by atoms with Crippen LogP contribution in [0.25, 0.3) is 0 Å². The first-order valence-electron chi connectivity index (χ1n) is 5.92. The largest absolute Gasteiger partial charge is 0.382 e. The summed E-state index contributed by atoms with van der Waals surface area (Å²) in [6.45, 7) is 2.29. The number of aromatic nitrogens is 1. The van der Waals surface area contributed by atoms with Gasteiger partial charge in [-0.3, -0.25) is 0 Å². The fourth-order valence-electron chi connectivity index (χ4n) is 2.33. The van der Waals surface area contributed by atoms with E-state index in [2.05, 4.69) is 23.3 Å². The molecular weight excluding hydrogens is 198 g/mol. The maximum absolute atomic E-state index is 8.78. The summed E-state index contributed by atoms with van der Waals surface area (Å²) >= 11 is 0. The van der Waals surface area contributed by atoms with E-state index in [1.165, 1.54) is 25.7 Å². The molecule has 1 aromatic rings. The van der Waals surface area contributed by atoms with Crippen LogP contribution in [0.1, 0.15) is 38.3 Å². The van der Waals surface area contributed by atoms with Crippen molar-refractivity contribution in [3.63, 3.8) is 0 Å². The van der Waals surface area contributed by atoms with Crippen molar-refractivity contribution in [2.24, 2.45) is 5.92 Å². The third-order valence-corrected chi connectivity index (χ3v) is 3.34. The van der Waals surface area contributed by atoms with Gasteiger partial charge in [0, 0.05) is 17.9 Å². The predicted molar refractivity (Wildman–Crippen MR) is 64.0 cm³/mol. The van der Waals surface area contributed by atoms with Gasteiger partial charge in [0.15, 0.2) is 0 Å². The van der Waals surface area contributed by atoms with E-state index in [4.69, 9.17) is 5.26 Å². The summed E-state index contributed by atoms with van der Waals surface area (Å²) in [5.41, 5.74) is 1.50.